The molecule has 0 radical (unpaired) electrons. The first kappa shape index (κ1) is 14.0. The summed E-state index contributed by atoms with van der Waals surface area (Å²) in [5.41, 5.74) is 2.87. The highest BCUT2D eigenvalue weighted by molar-refractivity contribution is 5.25. The van der Waals surface area contributed by atoms with Crippen LogP contribution in [0, 0.1) is 6.92 Å². The van der Waals surface area contributed by atoms with Gasteiger partial charge < -0.3 is 5.32 Å². The van der Waals surface area contributed by atoms with Gasteiger partial charge in [0.25, 0.3) is 0 Å². The van der Waals surface area contributed by atoms with E-state index in [0.29, 0.717) is 0 Å². The van der Waals surface area contributed by atoms with Crippen molar-refractivity contribution in [2.75, 3.05) is 13.1 Å². The molecule has 0 aliphatic heterocycles. The van der Waals surface area contributed by atoms with Crippen molar-refractivity contribution >= 4 is 0 Å². The van der Waals surface area contributed by atoms with Crippen LogP contribution < -0.4 is 5.32 Å². The van der Waals surface area contributed by atoms with Crippen molar-refractivity contribution in [1.29, 1.82) is 0 Å². The second-order valence-electron chi connectivity index (χ2n) is 4.56. The molecule has 0 heterocycles. The molecule has 0 spiro atoms. The Hall–Kier alpha value is -1.08. The van der Waals surface area contributed by atoms with Gasteiger partial charge in [0.2, 0.25) is 0 Å². The topological polar surface area (TPSA) is 12.0 Å². The lowest BCUT2D eigenvalue weighted by atomic mass is 10.1. The Morgan fingerprint density at radius 3 is 2.71 bits per heavy atom. The molecular formula is C16H25N. The monoisotopic (exact) mass is 231 g/mol. The molecule has 1 aromatic rings. The molecule has 17 heavy (non-hydrogen) atoms. The van der Waals surface area contributed by atoms with E-state index in [0.717, 1.165) is 25.9 Å². The second kappa shape index (κ2) is 9.00. The highest BCUT2D eigenvalue weighted by atomic mass is 14.8. The Bertz CT molecular complexity index is 317. The van der Waals surface area contributed by atoms with E-state index in [4.69, 9.17) is 0 Å². The van der Waals surface area contributed by atoms with Crippen LogP contribution in [0.15, 0.2) is 36.9 Å². The zero-order valence-electron chi connectivity index (χ0n) is 11.0. The zero-order valence-corrected chi connectivity index (χ0v) is 11.0. The number of unbranched alkanes of at least 4 members (excludes halogenated alkanes) is 3. The number of allylic oxidation sites excluding steroid dienone is 1. The minimum atomic E-state index is 1.09. The summed E-state index contributed by atoms with van der Waals surface area (Å²) in [4.78, 5) is 0. The van der Waals surface area contributed by atoms with E-state index in [2.05, 4.69) is 43.1 Å². The first-order valence-corrected chi connectivity index (χ1v) is 6.70. The van der Waals surface area contributed by atoms with Crippen LogP contribution in [0.4, 0.5) is 0 Å². The van der Waals surface area contributed by atoms with Gasteiger partial charge in [0.15, 0.2) is 0 Å². The van der Waals surface area contributed by atoms with Crippen LogP contribution in [0.1, 0.15) is 36.8 Å². The molecule has 0 aromatic heterocycles. The first-order chi connectivity index (χ1) is 8.34. The van der Waals surface area contributed by atoms with Gasteiger partial charge in [0.05, 0.1) is 0 Å². The van der Waals surface area contributed by atoms with E-state index in [9.17, 15) is 0 Å². The van der Waals surface area contributed by atoms with Crippen LogP contribution in [0.25, 0.3) is 0 Å². The lowest BCUT2D eigenvalue weighted by Crippen LogP contribution is -2.18. The van der Waals surface area contributed by atoms with Crippen molar-refractivity contribution in [3.05, 3.63) is 48.0 Å². The second-order valence-corrected chi connectivity index (χ2v) is 4.56. The quantitative estimate of drug-likeness (QED) is 0.502. The van der Waals surface area contributed by atoms with E-state index >= 15 is 0 Å². The first-order valence-electron chi connectivity index (χ1n) is 6.70. The van der Waals surface area contributed by atoms with Crippen LogP contribution in [-0.4, -0.2) is 13.1 Å². The smallest absolute Gasteiger partial charge is 0.000825 e. The fraction of sp³-hybridized carbons (Fsp3) is 0.500. The number of hydrogen-bond donors (Lipinski definition) is 1. The average molecular weight is 231 g/mol. The fourth-order valence-corrected chi connectivity index (χ4v) is 1.95. The minimum Gasteiger partial charge on any atom is -0.316 e. The third-order valence-electron chi connectivity index (χ3n) is 3.09. The van der Waals surface area contributed by atoms with Crippen molar-refractivity contribution in [3.63, 3.8) is 0 Å². The van der Waals surface area contributed by atoms with Crippen molar-refractivity contribution in [2.45, 2.75) is 39.0 Å². The van der Waals surface area contributed by atoms with E-state index in [1.54, 1.807) is 0 Å². The maximum absolute atomic E-state index is 3.73. The summed E-state index contributed by atoms with van der Waals surface area (Å²) in [6, 6.07) is 8.63. The molecule has 0 amide bonds. The van der Waals surface area contributed by atoms with Gasteiger partial charge in [-0.25, -0.2) is 0 Å². The molecule has 1 N–H and O–H groups in total. The molecule has 1 nitrogen and oxygen atoms in total. The van der Waals surface area contributed by atoms with Gasteiger partial charge >= 0.3 is 0 Å². The van der Waals surface area contributed by atoms with Crippen LogP contribution in [0.5, 0.6) is 0 Å². The van der Waals surface area contributed by atoms with Crippen LogP contribution in [0.3, 0.4) is 0 Å². The Labute approximate surface area is 106 Å². The van der Waals surface area contributed by atoms with Crippen LogP contribution >= 0.6 is 0 Å². The minimum absolute atomic E-state index is 1.09. The lowest BCUT2D eigenvalue weighted by molar-refractivity contribution is 0.606. The maximum atomic E-state index is 3.73. The molecule has 0 bridgehead atoms. The molecule has 0 fully saturated rings. The molecule has 1 aromatic carbocycles. The Morgan fingerprint density at radius 1 is 1.12 bits per heavy atom. The molecule has 0 aliphatic carbocycles. The van der Waals surface area contributed by atoms with E-state index in [1.807, 2.05) is 6.08 Å². The molecular weight excluding hydrogens is 206 g/mol. The summed E-state index contributed by atoms with van der Waals surface area (Å²) in [5, 5.41) is 3.51. The van der Waals surface area contributed by atoms with Crippen molar-refractivity contribution in [2.24, 2.45) is 0 Å². The number of hydrogen-bond acceptors (Lipinski definition) is 1. The fourth-order valence-electron chi connectivity index (χ4n) is 1.95. The lowest BCUT2D eigenvalue weighted by Gasteiger charge is -2.07. The van der Waals surface area contributed by atoms with Gasteiger partial charge in [-0.1, -0.05) is 36.8 Å². The normalized spacial score (nSPS) is 10.4. The number of aryl methyl sites for hydroxylation is 1. The summed E-state index contributed by atoms with van der Waals surface area (Å²) < 4.78 is 0. The Balaban J connectivity index is 2.01. The van der Waals surface area contributed by atoms with Gasteiger partial charge in [0, 0.05) is 0 Å². The zero-order chi connectivity index (χ0) is 12.3. The average Bonchev–Trinajstić information content (AvgIpc) is 2.35. The molecule has 0 atom stereocenters. The highest BCUT2D eigenvalue weighted by Gasteiger charge is 1.96. The SMILES string of the molecule is C=CCCCCCNCCc1ccccc1C. The van der Waals surface area contributed by atoms with Crippen LogP contribution in [0.2, 0.25) is 0 Å². The summed E-state index contributed by atoms with van der Waals surface area (Å²) in [6.45, 7) is 8.15. The van der Waals surface area contributed by atoms with Gasteiger partial charge in [0.1, 0.15) is 0 Å². The Kier molecular flexibility index (Phi) is 7.40. The highest BCUT2D eigenvalue weighted by Crippen LogP contribution is 2.06. The molecule has 1 rings (SSSR count). The molecule has 0 aliphatic rings. The third-order valence-corrected chi connectivity index (χ3v) is 3.09. The summed E-state index contributed by atoms with van der Waals surface area (Å²) >= 11 is 0. The Morgan fingerprint density at radius 2 is 1.94 bits per heavy atom. The summed E-state index contributed by atoms with van der Waals surface area (Å²) in [6.07, 6.45) is 8.17. The van der Waals surface area contributed by atoms with Gasteiger partial charge in [-0.2, -0.15) is 0 Å². The molecule has 1 heteroatoms. The standard InChI is InChI=1S/C16H25N/c1-3-4-5-6-9-13-17-14-12-16-11-8-7-10-15(16)2/h3,7-8,10-11,17H,1,4-6,9,12-14H2,2H3. The van der Waals surface area contributed by atoms with E-state index in [-0.39, 0.29) is 0 Å². The summed E-state index contributed by atoms with van der Waals surface area (Å²) in [7, 11) is 0. The third kappa shape index (κ3) is 6.28. The molecule has 94 valence electrons. The van der Waals surface area contributed by atoms with E-state index in [1.165, 1.54) is 30.4 Å². The van der Waals surface area contributed by atoms with Crippen LogP contribution in [-0.2, 0) is 6.42 Å². The van der Waals surface area contributed by atoms with Crippen molar-refractivity contribution in [3.8, 4) is 0 Å². The summed E-state index contributed by atoms with van der Waals surface area (Å²) in [5.74, 6) is 0. The predicted octanol–water partition coefficient (Wildman–Crippen LogP) is 3.87. The number of nitrogens with one attached hydrogen (secondary N) is 1. The van der Waals surface area contributed by atoms with Gasteiger partial charge in [-0.15, -0.1) is 6.58 Å². The van der Waals surface area contributed by atoms with Crippen molar-refractivity contribution in [1.82, 2.24) is 5.32 Å². The number of benzene rings is 1. The molecule has 0 unspecified atom stereocenters. The number of rotatable bonds is 9. The van der Waals surface area contributed by atoms with Crippen molar-refractivity contribution < 1.29 is 0 Å². The van der Waals surface area contributed by atoms with E-state index < -0.39 is 0 Å². The predicted molar refractivity (Wildman–Crippen MR) is 76.4 cm³/mol. The largest absolute Gasteiger partial charge is 0.316 e. The molecule has 0 saturated heterocycles. The van der Waals surface area contributed by atoms with Gasteiger partial charge in [-0.3, -0.25) is 0 Å². The molecule has 0 saturated carbocycles. The maximum Gasteiger partial charge on any atom is -0.000825 e. The van der Waals surface area contributed by atoms with Gasteiger partial charge in [-0.05, 0) is 56.8 Å².